The summed E-state index contributed by atoms with van der Waals surface area (Å²) in [6.45, 7) is 3.99. The third-order valence-corrected chi connectivity index (χ3v) is 6.90. The Hall–Kier alpha value is -3.61. The average molecular weight is 477 g/mol. The molecule has 2 aliphatic carbocycles. The third-order valence-electron chi connectivity index (χ3n) is 6.90. The second kappa shape index (κ2) is 10.3. The first-order chi connectivity index (χ1) is 16.8. The number of carbonyl (C=O) groups excluding carboxylic acids is 2. The number of carboxylic acid groups (broad SMARTS) is 1. The minimum Gasteiger partial charge on any atom is -0.481 e. The highest BCUT2D eigenvalue weighted by atomic mass is 16.5. The van der Waals surface area contributed by atoms with Crippen LogP contribution in [0.5, 0.6) is 0 Å². The summed E-state index contributed by atoms with van der Waals surface area (Å²) < 4.78 is 5.62. The normalized spacial score (nSPS) is 16.2. The van der Waals surface area contributed by atoms with Crippen molar-refractivity contribution < 1.29 is 24.2 Å². The van der Waals surface area contributed by atoms with E-state index >= 15 is 0 Å². The van der Waals surface area contributed by atoms with Gasteiger partial charge in [-0.25, -0.2) is 4.79 Å². The maximum atomic E-state index is 13.1. The Kier molecular flexibility index (Phi) is 7.24. The molecule has 1 fully saturated rings. The molecule has 1 atom stereocenters. The SMILES string of the molecule is CC(C)=CCC(NC(=O)OCC1c2ccccc2-c2ccccc21)C(=O)NC1(CC(=O)O)CCC1. The highest BCUT2D eigenvalue weighted by molar-refractivity contribution is 5.87. The van der Waals surface area contributed by atoms with Gasteiger partial charge < -0.3 is 20.5 Å². The summed E-state index contributed by atoms with van der Waals surface area (Å²) in [4.78, 5) is 37.1. The monoisotopic (exact) mass is 476 g/mol. The fraction of sp³-hybridized carbons (Fsp3) is 0.393. The van der Waals surface area contributed by atoms with E-state index < -0.39 is 29.6 Å². The van der Waals surface area contributed by atoms with Crippen molar-refractivity contribution in [2.45, 2.75) is 63.5 Å². The van der Waals surface area contributed by atoms with Crippen molar-refractivity contribution in [3.8, 4) is 11.1 Å². The molecule has 2 amide bonds. The molecule has 2 aromatic carbocycles. The Balaban J connectivity index is 1.43. The lowest BCUT2D eigenvalue weighted by molar-refractivity contribution is -0.140. The van der Waals surface area contributed by atoms with Gasteiger partial charge in [0.1, 0.15) is 12.6 Å². The summed E-state index contributed by atoms with van der Waals surface area (Å²) >= 11 is 0. The number of nitrogens with one attached hydrogen (secondary N) is 2. The van der Waals surface area contributed by atoms with Crippen molar-refractivity contribution in [2.24, 2.45) is 0 Å². The molecule has 2 aromatic rings. The van der Waals surface area contributed by atoms with E-state index in [0.717, 1.165) is 34.2 Å². The van der Waals surface area contributed by atoms with Crippen molar-refractivity contribution >= 4 is 18.0 Å². The van der Waals surface area contributed by atoms with Gasteiger partial charge in [0.2, 0.25) is 5.91 Å². The number of carboxylic acids is 1. The van der Waals surface area contributed by atoms with Gasteiger partial charge in [-0.15, -0.1) is 0 Å². The van der Waals surface area contributed by atoms with Crippen LogP contribution < -0.4 is 10.6 Å². The Morgan fingerprint density at radius 2 is 1.66 bits per heavy atom. The molecule has 0 aliphatic heterocycles. The molecule has 1 saturated carbocycles. The minimum atomic E-state index is -0.949. The molecule has 0 spiro atoms. The Bertz CT molecular complexity index is 1100. The second-order valence-electron chi connectivity index (χ2n) is 9.73. The van der Waals surface area contributed by atoms with Gasteiger partial charge in [-0.3, -0.25) is 9.59 Å². The van der Waals surface area contributed by atoms with E-state index in [1.807, 2.05) is 56.3 Å². The maximum Gasteiger partial charge on any atom is 0.407 e. The summed E-state index contributed by atoms with van der Waals surface area (Å²) in [6, 6.07) is 15.3. The molecule has 3 N–H and O–H groups in total. The van der Waals surface area contributed by atoms with Gasteiger partial charge in [0.25, 0.3) is 0 Å². The van der Waals surface area contributed by atoms with Crippen LogP contribution in [-0.4, -0.2) is 41.3 Å². The van der Waals surface area contributed by atoms with Gasteiger partial charge in [-0.05, 0) is 61.8 Å². The van der Waals surface area contributed by atoms with Gasteiger partial charge in [-0.1, -0.05) is 60.2 Å². The lowest BCUT2D eigenvalue weighted by atomic mass is 9.74. The zero-order chi connectivity index (χ0) is 25.0. The van der Waals surface area contributed by atoms with Crippen molar-refractivity contribution in [1.82, 2.24) is 10.6 Å². The van der Waals surface area contributed by atoms with Crippen LogP contribution >= 0.6 is 0 Å². The second-order valence-corrected chi connectivity index (χ2v) is 9.73. The van der Waals surface area contributed by atoms with Crippen LogP contribution in [0.25, 0.3) is 11.1 Å². The number of fused-ring (bicyclic) bond motifs is 3. The van der Waals surface area contributed by atoms with Crippen molar-refractivity contribution in [2.75, 3.05) is 6.61 Å². The molecule has 4 rings (SSSR count). The molecule has 1 unspecified atom stereocenters. The molecule has 0 saturated heterocycles. The lowest BCUT2D eigenvalue weighted by Crippen LogP contribution is -2.59. The van der Waals surface area contributed by atoms with Crippen LogP contribution in [0.15, 0.2) is 60.2 Å². The van der Waals surface area contributed by atoms with Gasteiger partial charge >= 0.3 is 12.1 Å². The largest absolute Gasteiger partial charge is 0.481 e. The third kappa shape index (κ3) is 5.56. The highest BCUT2D eigenvalue weighted by Crippen LogP contribution is 2.44. The van der Waals surface area contributed by atoms with Gasteiger partial charge in [-0.2, -0.15) is 0 Å². The smallest absolute Gasteiger partial charge is 0.407 e. The quantitative estimate of drug-likeness (QED) is 0.453. The van der Waals surface area contributed by atoms with E-state index in [1.54, 1.807) is 0 Å². The Morgan fingerprint density at radius 3 is 2.17 bits per heavy atom. The molecule has 184 valence electrons. The minimum absolute atomic E-state index is 0.0768. The zero-order valence-corrected chi connectivity index (χ0v) is 20.2. The molecule has 2 aliphatic rings. The van der Waals surface area contributed by atoms with Gasteiger partial charge in [0.15, 0.2) is 0 Å². The van der Waals surface area contributed by atoms with Crippen LogP contribution in [0.4, 0.5) is 4.79 Å². The van der Waals surface area contributed by atoms with Crippen LogP contribution in [0, 0.1) is 0 Å². The van der Waals surface area contributed by atoms with E-state index in [0.29, 0.717) is 19.3 Å². The average Bonchev–Trinajstić information content (AvgIpc) is 3.12. The predicted octanol–water partition coefficient (Wildman–Crippen LogP) is 4.76. The van der Waals surface area contributed by atoms with Crippen molar-refractivity contribution in [3.05, 3.63) is 71.3 Å². The summed E-state index contributed by atoms with van der Waals surface area (Å²) in [5.74, 6) is -1.42. The number of aliphatic carboxylic acids is 1. The van der Waals surface area contributed by atoms with Crippen molar-refractivity contribution in [1.29, 1.82) is 0 Å². The van der Waals surface area contributed by atoms with Crippen LogP contribution in [-0.2, 0) is 14.3 Å². The number of carbonyl (C=O) groups is 3. The molecule has 7 heteroatoms. The van der Waals surface area contributed by atoms with Gasteiger partial charge in [0, 0.05) is 5.92 Å². The Morgan fingerprint density at radius 1 is 1.06 bits per heavy atom. The number of alkyl carbamates (subject to hydrolysis) is 1. The molecule has 0 heterocycles. The number of amides is 2. The zero-order valence-electron chi connectivity index (χ0n) is 20.2. The van der Waals surface area contributed by atoms with E-state index in [1.165, 1.54) is 0 Å². The van der Waals surface area contributed by atoms with Crippen LogP contribution in [0.3, 0.4) is 0 Å². The number of hydrogen-bond donors (Lipinski definition) is 3. The molecular weight excluding hydrogens is 444 g/mol. The summed E-state index contributed by atoms with van der Waals surface area (Å²) in [5.41, 5.74) is 4.78. The lowest BCUT2D eigenvalue weighted by Gasteiger charge is -2.42. The number of rotatable bonds is 9. The fourth-order valence-corrected chi connectivity index (χ4v) is 4.95. The first-order valence-corrected chi connectivity index (χ1v) is 12.1. The summed E-state index contributed by atoms with van der Waals surface area (Å²) in [7, 11) is 0. The van der Waals surface area contributed by atoms with Crippen LogP contribution in [0.2, 0.25) is 0 Å². The molecule has 0 bridgehead atoms. The molecule has 35 heavy (non-hydrogen) atoms. The van der Waals surface area contributed by atoms with Gasteiger partial charge in [0.05, 0.1) is 12.0 Å². The van der Waals surface area contributed by atoms with E-state index in [-0.39, 0.29) is 18.9 Å². The van der Waals surface area contributed by atoms with Crippen LogP contribution in [0.1, 0.15) is 63.0 Å². The number of allylic oxidation sites excluding steroid dienone is 1. The molecule has 0 aromatic heterocycles. The topological polar surface area (TPSA) is 105 Å². The van der Waals surface area contributed by atoms with Crippen molar-refractivity contribution in [3.63, 3.8) is 0 Å². The predicted molar refractivity (Wildman–Crippen MR) is 133 cm³/mol. The molecule has 7 nitrogen and oxygen atoms in total. The van der Waals surface area contributed by atoms with E-state index in [9.17, 15) is 19.5 Å². The van der Waals surface area contributed by atoms with E-state index in [2.05, 4.69) is 22.8 Å². The standard InChI is InChI=1S/C28H32N2O5/c1-18(2)12-13-24(26(33)30-28(14-7-15-28)16-25(31)32)29-27(34)35-17-23-21-10-5-3-8-19(21)20-9-4-6-11-22(20)23/h3-6,8-12,23-24H,7,13-17H2,1-2H3,(H,29,34)(H,30,33)(H,31,32). The number of benzene rings is 2. The summed E-state index contributed by atoms with van der Waals surface area (Å²) in [5, 5.41) is 14.8. The first kappa shape index (κ1) is 24.5. The van der Waals surface area contributed by atoms with E-state index in [4.69, 9.17) is 4.74 Å². The summed E-state index contributed by atoms with van der Waals surface area (Å²) in [6.07, 6.45) is 3.47. The highest BCUT2D eigenvalue weighted by Gasteiger charge is 2.41. The fourth-order valence-electron chi connectivity index (χ4n) is 4.95. The maximum absolute atomic E-state index is 13.1. The Labute approximate surface area is 205 Å². The molecule has 0 radical (unpaired) electrons. The first-order valence-electron chi connectivity index (χ1n) is 12.1. The molecular formula is C28H32N2O5. The number of hydrogen-bond acceptors (Lipinski definition) is 4. The number of ether oxygens (including phenoxy) is 1.